The van der Waals surface area contributed by atoms with Gasteiger partial charge in [0.25, 0.3) is 5.91 Å². The number of pyridine rings is 1. The molecule has 6 heteroatoms. The van der Waals surface area contributed by atoms with Crippen LogP contribution in [0.1, 0.15) is 35.3 Å². The fourth-order valence-electron chi connectivity index (χ4n) is 2.75. The molecule has 1 atom stereocenters. The van der Waals surface area contributed by atoms with E-state index in [-0.39, 0.29) is 11.1 Å². The first-order chi connectivity index (χ1) is 12.0. The van der Waals surface area contributed by atoms with Gasteiger partial charge in [-0.2, -0.15) is 0 Å². The second kappa shape index (κ2) is 6.84. The molecule has 0 aliphatic rings. The van der Waals surface area contributed by atoms with Crippen molar-refractivity contribution in [1.82, 2.24) is 10.3 Å². The molecule has 0 aliphatic heterocycles. The molecule has 2 N–H and O–H groups in total. The minimum atomic E-state index is -0.742. The summed E-state index contributed by atoms with van der Waals surface area (Å²) >= 11 is 0. The number of fused-ring (bicyclic) bond motifs is 1. The normalized spacial score (nSPS) is 12.1. The average molecular weight is 342 g/mol. The predicted molar refractivity (Wildman–Crippen MR) is 91.4 cm³/mol. The van der Waals surface area contributed by atoms with Crippen molar-refractivity contribution in [2.45, 2.75) is 19.4 Å². The number of para-hydroxylation sites is 1. The molecule has 128 valence electrons. The predicted octanol–water partition coefficient (Wildman–Crippen LogP) is 3.69. The Kier molecular flexibility index (Phi) is 4.61. The van der Waals surface area contributed by atoms with Crippen LogP contribution in [0.2, 0.25) is 0 Å². The molecule has 2 aromatic carbocycles. The molecular formula is C19H16F2N2O2. The van der Waals surface area contributed by atoms with Crippen molar-refractivity contribution in [2.75, 3.05) is 0 Å². The van der Waals surface area contributed by atoms with Crippen LogP contribution in [0.3, 0.4) is 0 Å². The number of hydrogen-bond acceptors (Lipinski definition) is 2. The van der Waals surface area contributed by atoms with Gasteiger partial charge in [-0.15, -0.1) is 0 Å². The van der Waals surface area contributed by atoms with Gasteiger partial charge < -0.3 is 10.3 Å². The van der Waals surface area contributed by atoms with E-state index in [1.165, 1.54) is 6.20 Å². The van der Waals surface area contributed by atoms with Gasteiger partial charge in [-0.05, 0) is 36.8 Å². The number of aromatic nitrogens is 1. The molecule has 1 unspecified atom stereocenters. The van der Waals surface area contributed by atoms with Crippen LogP contribution in [0.4, 0.5) is 8.78 Å². The van der Waals surface area contributed by atoms with Crippen molar-refractivity contribution >= 4 is 16.8 Å². The van der Waals surface area contributed by atoms with Crippen molar-refractivity contribution in [3.05, 3.63) is 81.6 Å². The summed E-state index contributed by atoms with van der Waals surface area (Å²) in [6, 6.07) is 9.17. The van der Waals surface area contributed by atoms with Gasteiger partial charge in [-0.3, -0.25) is 9.59 Å². The Balaban J connectivity index is 1.94. The van der Waals surface area contributed by atoms with E-state index in [2.05, 4.69) is 10.3 Å². The molecule has 25 heavy (non-hydrogen) atoms. The first kappa shape index (κ1) is 16.8. The zero-order chi connectivity index (χ0) is 18.0. The van der Waals surface area contributed by atoms with Crippen molar-refractivity contribution < 1.29 is 13.6 Å². The highest BCUT2D eigenvalue weighted by Gasteiger charge is 2.20. The van der Waals surface area contributed by atoms with E-state index in [0.29, 0.717) is 17.3 Å². The lowest BCUT2D eigenvalue weighted by Gasteiger charge is -2.18. The van der Waals surface area contributed by atoms with Crippen LogP contribution in [-0.4, -0.2) is 10.9 Å². The van der Waals surface area contributed by atoms with E-state index in [0.717, 1.165) is 18.2 Å². The van der Waals surface area contributed by atoms with Crippen molar-refractivity contribution in [1.29, 1.82) is 0 Å². The average Bonchev–Trinajstić information content (AvgIpc) is 2.62. The monoisotopic (exact) mass is 342 g/mol. The van der Waals surface area contributed by atoms with E-state index in [9.17, 15) is 18.4 Å². The van der Waals surface area contributed by atoms with Crippen LogP contribution in [0.25, 0.3) is 10.9 Å². The zero-order valence-corrected chi connectivity index (χ0v) is 13.5. The van der Waals surface area contributed by atoms with E-state index in [4.69, 9.17) is 0 Å². The molecule has 1 aromatic heterocycles. The van der Waals surface area contributed by atoms with E-state index in [1.54, 1.807) is 31.2 Å². The number of amides is 1. The fraction of sp³-hybridized carbons (Fsp3) is 0.158. The van der Waals surface area contributed by atoms with Gasteiger partial charge in [0, 0.05) is 22.7 Å². The molecule has 4 nitrogen and oxygen atoms in total. The first-order valence-electron chi connectivity index (χ1n) is 7.87. The molecule has 3 rings (SSSR count). The van der Waals surface area contributed by atoms with E-state index in [1.807, 2.05) is 0 Å². The van der Waals surface area contributed by atoms with Gasteiger partial charge in [0.2, 0.25) is 5.43 Å². The van der Waals surface area contributed by atoms with Gasteiger partial charge in [0.05, 0.1) is 6.04 Å². The Labute approximate surface area is 142 Å². The summed E-state index contributed by atoms with van der Waals surface area (Å²) in [5, 5.41) is 3.00. The molecule has 0 bridgehead atoms. The van der Waals surface area contributed by atoms with Crippen molar-refractivity contribution in [3.8, 4) is 0 Å². The third-order valence-electron chi connectivity index (χ3n) is 4.08. The smallest absolute Gasteiger partial charge is 0.257 e. The van der Waals surface area contributed by atoms with Crippen LogP contribution >= 0.6 is 0 Å². The molecule has 0 saturated carbocycles. The highest BCUT2D eigenvalue weighted by molar-refractivity contribution is 5.97. The van der Waals surface area contributed by atoms with Gasteiger partial charge in [0.1, 0.15) is 17.2 Å². The molecule has 0 spiro atoms. The highest BCUT2D eigenvalue weighted by Crippen LogP contribution is 2.21. The third kappa shape index (κ3) is 3.28. The number of aromatic amines is 1. The number of halogens is 2. The van der Waals surface area contributed by atoms with E-state index < -0.39 is 29.0 Å². The molecule has 3 aromatic rings. The summed E-state index contributed by atoms with van der Waals surface area (Å²) in [5.74, 6) is -1.84. The van der Waals surface area contributed by atoms with Gasteiger partial charge in [0.15, 0.2) is 0 Å². The van der Waals surface area contributed by atoms with E-state index >= 15 is 0 Å². The maximum atomic E-state index is 14.0. The van der Waals surface area contributed by atoms with Gasteiger partial charge >= 0.3 is 0 Å². The molecule has 0 radical (unpaired) electrons. The number of nitrogens with one attached hydrogen (secondary N) is 2. The lowest BCUT2D eigenvalue weighted by molar-refractivity contribution is 0.0933. The topological polar surface area (TPSA) is 62.0 Å². The summed E-state index contributed by atoms with van der Waals surface area (Å²) in [5.41, 5.74) is 0.177. The Morgan fingerprint density at radius 1 is 1.20 bits per heavy atom. The lowest BCUT2D eigenvalue weighted by Crippen LogP contribution is -2.32. The molecule has 0 saturated heterocycles. The molecule has 0 aliphatic carbocycles. The fourth-order valence-corrected chi connectivity index (χ4v) is 2.75. The maximum Gasteiger partial charge on any atom is 0.257 e. The van der Waals surface area contributed by atoms with Gasteiger partial charge in [-0.1, -0.05) is 19.1 Å². The third-order valence-corrected chi connectivity index (χ3v) is 4.08. The number of benzene rings is 2. The zero-order valence-electron chi connectivity index (χ0n) is 13.5. The summed E-state index contributed by atoms with van der Waals surface area (Å²) in [4.78, 5) is 27.9. The second-order valence-electron chi connectivity index (χ2n) is 5.68. The number of hydrogen-bond donors (Lipinski definition) is 2. The summed E-state index contributed by atoms with van der Waals surface area (Å²) in [6.07, 6.45) is 1.67. The quantitative estimate of drug-likeness (QED) is 0.760. The summed E-state index contributed by atoms with van der Waals surface area (Å²) in [6.45, 7) is 1.74. The maximum absolute atomic E-state index is 14.0. The standard InChI is InChI=1S/C19H16F2N2O2/c1-2-16(13-9-11(20)7-8-15(13)21)23-19(25)14-10-22-17-6-4-3-5-12(17)18(14)24/h3-10,16H,2H2,1H3,(H,22,24)(H,23,25). The number of H-pyrrole nitrogens is 1. The van der Waals surface area contributed by atoms with Crippen LogP contribution in [0.5, 0.6) is 0 Å². The Morgan fingerprint density at radius 2 is 1.96 bits per heavy atom. The SMILES string of the molecule is CCC(NC(=O)c1c[nH]c2ccccc2c1=O)c1cc(F)ccc1F. The Hall–Kier alpha value is -3.02. The Morgan fingerprint density at radius 3 is 2.72 bits per heavy atom. The number of carbonyl (C=O) groups is 1. The van der Waals surface area contributed by atoms with Crippen molar-refractivity contribution in [3.63, 3.8) is 0 Å². The lowest BCUT2D eigenvalue weighted by atomic mass is 10.0. The highest BCUT2D eigenvalue weighted by atomic mass is 19.1. The first-order valence-corrected chi connectivity index (χ1v) is 7.87. The summed E-state index contributed by atoms with van der Waals surface area (Å²) < 4.78 is 27.4. The number of carbonyl (C=O) groups excluding carboxylic acids is 1. The molecular weight excluding hydrogens is 326 g/mol. The minimum absolute atomic E-state index is 0.0491. The second-order valence-corrected chi connectivity index (χ2v) is 5.68. The van der Waals surface area contributed by atoms with Crippen molar-refractivity contribution in [2.24, 2.45) is 0 Å². The summed E-state index contributed by atoms with van der Waals surface area (Å²) in [7, 11) is 0. The van der Waals surface area contributed by atoms with Crippen LogP contribution < -0.4 is 10.7 Å². The van der Waals surface area contributed by atoms with Gasteiger partial charge in [-0.25, -0.2) is 8.78 Å². The van der Waals surface area contributed by atoms with Crippen LogP contribution in [0, 0.1) is 11.6 Å². The van der Waals surface area contributed by atoms with Crippen LogP contribution in [-0.2, 0) is 0 Å². The molecule has 1 heterocycles. The number of rotatable bonds is 4. The largest absolute Gasteiger partial charge is 0.360 e. The molecule has 1 amide bonds. The minimum Gasteiger partial charge on any atom is -0.360 e. The Bertz CT molecular complexity index is 998. The van der Waals surface area contributed by atoms with Crippen LogP contribution in [0.15, 0.2) is 53.5 Å². The molecule has 0 fully saturated rings.